The first kappa shape index (κ1) is 29.3. The normalized spacial score (nSPS) is 19.1. The zero-order chi connectivity index (χ0) is 23.8. The van der Waals surface area contributed by atoms with Gasteiger partial charge < -0.3 is 14.2 Å². The zero-order valence-electron chi connectivity index (χ0n) is 20.9. The number of methoxy groups -OCH3 is 1. The molecule has 0 amide bonds. The fraction of sp³-hybridized carbons (Fsp3) is 0.958. The number of carbonyl (C=O) groups excluding carboxylic acids is 1. The highest BCUT2D eigenvalue weighted by Gasteiger charge is 2.21. The Morgan fingerprint density at radius 1 is 1.06 bits per heavy atom. The third-order valence-corrected chi connectivity index (χ3v) is 7.41. The van der Waals surface area contributed by atoms with Crippen molar-refractivity contribution in [2.75, 3.05) is 33.1 Å². The number of rotatable bonds is 18. The summed E-state index contributed by atoms with van der Waals surface area (Å²) in [7, 11) is -1.84. The molecule has 7 nitrogen and oxygen atoms in total. The topological polar surface area (TPSA) is 82.1 Å². The van der Waals surface area contributed by atoms with E-state index in [1.807, 2.05) is 6.92 Å². The third kappa shape index (κ3) is 13.8. The van der Waals surface area contributed by atoms with Crippen molar-refractivity contribution in [3.8, 4) is 0 Å². The highest BCUT2D eigenvalue weighted by molar-refractivity contribution is 7.88. The van der Waals surface area contributed by atoms with Gasteiger partial charge in [0.2, 0.25) is 10.0 Å². The number of hydrogen-bond donors (Lipinski definition) is 0. The lowest BCUT2D eigenvalue weighted by Crippen LogP contribution is -2.33. The van der Waals surface area contributed by atoms with Gasteiger partial charge in [-0.25, -0.2) is 12.7 Å². The van der Waals surface area contributed by atoms with Gasteiger partial charge >= 0.3 is 5.97 Å². The van der Waals surface area contributed by atoms with Crippen LogP contribution in [0.1, 0.15) is 97.3 Å². The van der Waals surface area contributed by atoms with E-state index in [-0.39, 0.29) is 24.3 Å². The van der Waals surface area contributed by atoms with Gasteiger partial charge in [-0.2, -0.15) is 0 Å². The van der Waals surface area contributed by atoms with Crippen molar-refractivity contribution in [2.45, 2.75) is 110 Å². The second-order valence-electron chi connectivity index (χ2n) is 9.24. The minimum atomic E-state index is -3.24. The van der Waals surface area contributed by atoms with Crippen LogP contribution < -0.4 is 0 Å². The molecule has 32 heavy (non-hydrogen) atoms. The lowest BCUT2D eigenvalue weighted by Gasteiger charge is -2.28. The minimum absolute atomic E-state index is 0.103. The molecule has 1 aliphatic rings. The molecule has 3 unspecified atom stereocenters. The molecular formula is C24H47NO6S. The van der Waals surface area contributed by atoms with Crippen LogP contribution in [0.4, 0.5) is 0 Å². The van der Waals surface area contributed by atoms with Crippen LogP contribution in [0.2, 0.25) is 0 Å². The van der Waals surface area contributed by atoms with Crippen molar-refractivity contribution < 1.29 is 27.4 Å². The summed E-state index contributed by atoms with van der Waals surface area (Å²) >= 11 is 0. The first-order valence-corrected chi connectivity index (χ1v) is 14.4. The van der Waals surface area contributed by atoms with E-state index in [9.17, 15) is 13.2 Å². The van der Waals surface area contributed by atoms with Crippen molar-refractivity contribution in [1.29, 1.82) is 0 Å². The lowest BCUT2D eigenvalue weighted by molar-refractivity contribution is -0.190. The van der Waals surface area contributed by atoms with Gasteiger partial charge in [-0.3, -0.25) is 4.79 Å². The van der Waals surface area contributed by atoms with Gasteiger partial charge in [0.1, 0.15) is 0 Å². The molecule has 0 spiro atoms. The van der Waals surface area contributed by atoms with Gasteiger partial charge in [0, 0.05) is 26.1 Å². The van der Waals surface area contributed by atoms with Crippen LogP contribution in [-0.4, -0.2) is 64.1 Å². The number of unbranched alkanes of at least 4 members (excludes halogenated alkanes) is 3. The maximum Gasteiger partial charge on any atom is 0.305 e. The predicted molar refractivity (Wildman–Crippen MR) is 128 cm³/mol. The van der Waals surface area contributed by atoms with Gasteiger partial charge in [0.05, 0.1) is 19.5 Å². The average molecular weight is 478 g/mol. The smallest absolute Gasteiger partial charge is 0.305 e. The number of hydrogen-bond acceptors (Lipinski definition) is 6. The molecule has 1 rings (SSSR count). The second kappa shape index (κ2) is 16.8. The van der Waals surface area contributed by atoms with Gasteiger partial charge in [-0.15, -0.1) is 0 Å². The Bertz CT molecular complexity index is 591. The summed E-state index contributed by atoms with van der Waals surface area (Å²) in [6.45, 7) is 6.04. The van der Waals surface area contributed by atoms with Crippen LogP contribution in [0.3, 0.4) is 0 Å². The van der Waals surface area contributed by atoms with E-state index >= 15 is 0 Å². The number of carbonyl (C=O) groups is 1. The summed E-state index contributed by atoms with van der Waals surface area (Å²) in [6.07, 6.45) is 13.7. The highest BCUT2D eigenvalue weighted by atomic mass is 32.2. The quantitative estimate of drug-likeness (QED) is 0.206. The van der Waals surface area contributed by atoms with E-state index in [0.717, 1.165) is 70.8 Å². The Kier molecular flexibility index (Phi) is 15.4. The number of sulfonamides is 1. The van der Waals surface area contributed by atoms with Crippen molar-refractivity contribution in [2.24, 2.45) is 5.92 Å². The Balaban J connectivity index is 2.43. The van der Waals surface area contributed by atoms with E-state index in [1.54, 1.807) is 4.31 Å². The standard InChI is InChI=1S/C24H47NO6S/c1-5-6-7-14-22(31-24-16-9-11-19-30-24)15-12-18-25(32(4,27)28)17-10-8-13-21(2)20-23(26)29-3/h21-22,24H,5-20H2,1-4H3. The molecule has 1 saturated heterocycles. The summed E-state index contributed by atoms with van der Waals surface area (Å²) in [4.78, 5) is 11.3. The largest absolute Gasteiger partial charge is 0.469 e. The molecule has 0 aliphatic carbocycles. The molecule has 0 saturated carbocycles. The van der Waals surface area contributed by atoms with Crippen LogP contribution in [0.15, 0.2) is 0 Å². The maximum absolute atomic E-state index is 12.3. The molecular weight excluding hydrogens is 430 g/mol. The molecule has 1 aliphatic heterocycles. The number of nitrogens with zero attached hydrogens (tertiary/aromatic N) is 1. The van der Waals surface area contributed by atoms with Crippen LogP contribution >= 0.6 is 0 Å². The summed E-state index contributed by atoms with van der Waals surface area (Å²) in [5.74, 6) is 0.0572. The molecule has 1 heterocycles. The van der Waals surface area contributed by atoms with Gasteiger partial charge in [0.25, 0.3) is 0 Å². The van der Waals surface area contributed by atoms with Crippen LogP contribution in [0, 0.1) is 5.92 Å². The molecule has 0 N–H and O–H groups in total. The van der Waals surface area contributed by atoms with Crippen LogP contribution in [0.5, 0.6) is 0 Å². The maximum atomic E-state index is 12.3. The van der Waals surface area contributed by atoms with Gasteiger partial charge in [0.15, 0.2) is 6.29 Å². The summed E-state index contributed by atoms with van der Waals surface area (Å²) in [5.41, 5.74) is 0. The number of esters is 1. The molecule has 8 heteroatoms. The van der Waals surface area contributed by atoms with Crippen molar-refractivity contribution in [3.63, 3.8) is 0 Å². The Labute approximate surface area is 196 Å². The van der Waals surface area contributed by atoms with E-state index in [1.165, 1.54) is 26.2 Å². The summed E-state index contributed by atoms with van der Waals surface area (Å²) < 4.78 is 42.8. The fourth-order valence-electron chi connectivity index (χ4n) is 4.13. The fourth-order valence-corrected chi connectivity index (χ4v) is 5.05. The van der Waals surface area contributed by atoms with Gasteiger partial charge in [-0.05, 0) is 50.9 Å². The van der Waals surface area contributed by atoms with E-state index in [2.05, 4.69) is 6.92 Å². The molecule has 0 aromatic rings. The van der Waals surface area contributed by atoms with E-state index in [4.69, 9.17) is 14.2 Å². The van der Waals surface area contributed by atoms with E-state index in [0.29, 0.717) is 19.5 Å². The SMILES string of the molecule is CCCCCC(CCCN(CCCCC(C)CC(=O)OC)S(C)(=O)=O)OC1CCCCO1. The van der Waals surface area contributed by atoms with E-state index < -0.39 is 10.0 Å². The summed E-state index contributed by atoms with van der Waals surface area (Å²) in [5, 5.41) is 0. The molecule has 1 fully saturated rings. The third-order valence-electron chi connectivity index (χ3n) is 6.11. The lowest BCUT2D eigenvalue weighted by atomic mass is 10.0. The molecule has 0 aromatic carbocycles. The minimum Gasteiger partial charge on any atom is -0.469 e. The summed E-state index contributed by atoms with van der Waals surface area (Å²) in [6, 6.07) is 0. The van der Waals surface area contributed by atoms with Gasteiger partial charge in [-0.1, -0.05) is 46.0 Å². The Hall–Kier alpha value is -0.700. The average Bonchev–Trinajstić information content (AvgIpc) is 2.75. The molecule has 0 radical (unpaired) electrons. The monoisotopic (exact) mass is 477 g/mol. The Morgan fingerprint density at radius 3 is 2.38 bits per heavy atom. The second-order valence-corrected chi connectivity index (χ2v) is 11.2. The zero-order valence-corrected chi connectivity index (χ0v) is 21.7. The molecule has 0 bridgehead atoms. The van der Waals surface area contributed by atoms with Crippen molar-refractivity contribution in [1.82, 2.24) is 4.31 Å². The molecule has 190 valence electrons. The van der Waals surface area contributed by atoms with Crippen LogP contribution in [0.25, 0.3) is 0 Å². The first-order chi connectivity index (χ1) is 15.3. The van der Waals surface area contributed by atoms with Crippen LogP contribution in [-0.2, 0) is 29.0 Å². The predicted octanol–water partition coefficient (Wildman–Crippen LogP) is 4.89. The Morgan fingerprint density at radius 2 is 1.75 bits per heavy atom. The molecule has 0 aromatic heterocycles. The van der Waals surface area contributed by atoms with Crippen molar-refractivity contribution in [3.05, 3.63) is 0 Å². The first-order valence-electron chi connectivity index (χ1n) is 12.5. The highest BCUT2D eigenvalue weighted by Crippen LogP contribution is 2.21. The molecule has 3 atom stereocenters. The number of ether oxygens (including phenoxy) is 3. The van der Waals surface area contributed by atoms with Crippen molar-refractivity contribution >= 4 is 16.0 Å².